The van der Waals surface area contributed by atoms with E-state index in [9.17, 15) is 4.79 Å². The Morgan fingerprint density at radius 2 is 1.88 bits per heavy atom. The monoisotopic (exact) mass is 332 g/mol. The fourth-order valence-electron chi connectivity index (χ4n) is 3.26. The first-order chi connectivity index (χ1) is 11.4. The molecule has 0 spiro atoms. The fraction of sp³-hybridized carbons (Fsp3) is 0.632. The highest BCUT2D eigenvalue weighted by Gasteiger charge is 2.28. The quantitative estimate of drug-likeness (QED) is 0.800. The van der Waals surface area contributed by atoms with Crippen molar-refractivity contribution in [1.82, 2.24) is 10.2 Å². The van der Waals surface area contributed by atoms with Gasteiger partial charge in [-0.2, -0.15) is 0 Å². The molecular weight excluding hydrogens is 300 g/mol. The second-order valence-corrected chi connectivity index (χ2v) is 7.09. The maximum atomic E-state index is 12.2. The average Bonchev–Trinajstić information content (AvgIpc) is 2.60. The molecular formula is C19H32N4O. The zero-order chi connectivity index (χ0) is 17.6. The highest BCUT2D eigenvalue weighted by molar-refractivity contribution is 5.85. The van der Waals surface area contributed by atoms with Crippen LogP contribution in [0.3, 0.4) is 0 Å². The number of nitrogens with two attached hydrogens (primary N) is 1. The molecule has 1 aliphatic rings. The Bertz CT molecular complexity index is 509. The van der Waals surface area contributed by atoms with Gasteiger partial charge in [-0.15, -0.1) is 0 Å². The SMILES string of the molecule is CCCC(C)(N)C(=O)NCC(C)N1CCN(c2ccccc2)CC1. The van der Waals surface area contributed by atoms with Crippen LogP contribution in [0.2, 0.25) is 0 Å². The molecule has 2 atom stereocenters. The molecule has 1 aromatic carbocycles. The molecule has 0 radical (unpaired) electrons. The van der Waals surface area contributed by atoms with E-state index in [1.807, 2.05) is 19.9 Å². The molecule has 1 fully saturated rings. The van der Waals surface area contributed by atoms with Crippen LogP contribution in [0.25, 0.3) is 0 Å². The van der Waals surface area contributed by atoms with Crippen LogP contribution in [0.1, 0.15) is 33.6 Å². The molecule has 0 aromatic heterocycles. The molecule has 24 heavy (non-hydrogen) atoms. The maximum absolute atomic E-state index is 12.2. The van der Waals surface area contributed by atoms with Gasteiger partial charge in [0.25, 0.3) is 0 Å². The first-order valence-electron chi connectivity index (χ1n) is 9.05. The predicted octanol–water partition coefficient (Wildman–Crippen LogP) is 1.83. The summed E-state index contributed by atoms with van der Waals surface area (Å²) in [6.45, 7) is 10.8. The van der Waals surface area contributed by atoms with Crippen LogP contribution in [-0.4, -0.2) is 55.1 Å². The zero-order valence-corrected chi connectivity index (χ0v) is 15.3. The van der Waals surface area contributed by atoms with Gasteiger partial charge in [0.2, 0.25) is 5.91 Å². The van der Waals surface area contributed by atoms with Crippen molar-refractivity contribution < 1.29 is 4.79 Å². The molecule has 5 nitrogen and oxygen atoms in total. The van der Waals surface area contributed by atoms with Gasteiger partial charge < -0.3 is 16.0 Å². The summed E-state index contributed by atoms with van der Waals surface area (Å²) in [6, 6.07) is 10.9. The van der Waals surface area contributed by atoms with Crippen LogP contribution in [-0.2, 0) is 4.79 Å². The van der Waals surface area contributed by atoms with Crippen molar-refractivity contribution in [2.24, 2.45) is 5.73 Å². The number of para-hydroxylation sites is 1. The largest absolute Gasteiger partial charge is 0.369 e. The molecule has 1 aliphatic heterocycles. The third-order valence-corrected chi connectivity index (χ3v) is 4.91. The number of carbonyl (C=O) groups excluding carboxylic acids is 1. The topological polar surface area (TPSA) is 61.6 Å². The average molecular weight is 332 g/mol. The third-order valence-electron chi connectivity index (χ3n) is 4.91. The number of nitrogens with one attached hydrogen (secondary N) is 1. The molecule has 1 aromatic rings. The van der Waals surface area contributed by atoms with Crippen molar-refractivity contribution in [3.8, 4) is 0 Å². The number of hydrogen-bond acceptors (Lipinski definition) is 4. The molecule has 1 amide bonds. The van der Waals surface area contributed by atoms with Crippen LogP contribution in [0.4, 0.5) is 5.69 Å². The predicted molar refractivity (Wildman–Crippen MR) is 100 cm³/mol. The Morgan fingerprint density at radius 3 is 2.46 bits per heavy atom. The highest BCUT2D eigenvalue weighted by Crippen LogP contribution is 2.16. The lowest BCUT2D eigenvalue weighted by Crippen LogP contribution is -2.56. The minimum atomic E-state index is -0.763. The molecule has 5 heteroatoms. The molecule has 2 rings (SSSR count). The van der Waals surface area contributed by atoms with E-state index < -0.39 is 5.54 Å². The molecule has 0 bridgehead atoms. The standard InChI is InChI=1S/C19H32N4O/c1-4-10-19(3,20)18(24)21-15-16(2)22-11-13-23(14-12-22)17-8-6-5-7-9-17/h5-9,16H,4,10-15,20H2,1-3H3,(H,21,24). The van der Waals surface area contributed by atoms with Gasteiger partial charge in [-0.25, -0.2) is 0 Å². The summed E-state index contributed by atoms with van der Waals surface area (Å²) in [4.78, 5) is 17.1. The summed E-state index contributed by atoms with van der Waals surface area (Å²) in [6.07, 6.45) is 1.63. The lowest BCUT2D eigenvalue weighted by molar-refractivity contribution is -0.126. The van der Waals surface area contributed by atoms with Crippen molar-refractivity contribution in [1.29, 1.82) is 0 Å². The third kappa shape index (κ3) is 4.95. The van der Waals surface area contributed by atoms with E-state index in [2.05, 4.69) is 46.3 Å². The second-order valence-electron chi connectivity index (χ2n) is 7.09. The van der Waals surface area contributed by atoms with E-state index in [1.54, 1.807) is 0 Å². The Hall–Kier alpha value is -1.59. The molecule has 2 unspecified atom stereocenters. The minimum absolute atomic E-state index is 0.0425. The summed E-state index contributed by atoms with van der Waals surface area (Å²) in [5.41, 5.74) is 6.61. The number of benzene rings is 1. The number of rotatable bonds is 7. The normalized spacial score (nSPS) is 19.6. The number of anilines is 1. The van der Waals surface area contributed by atoms with Crippen molar-refractivity contribution in [3.05, 3.63) is 30.3 Å². The molecule has 0 aliphatic carbocycles. The van der Waals surface area contributed by atoms with Gasteiger partial charge in [-0.1, -0.05) is 31.5 Å². The van der Waals surface area contributed by atoms with Crippen LogP contribution < -0.4 is 16.0 Å². The Balaban J connectivity index is 1.77. The van der Waals surface area contributed by atoms with Crippen molar-refractivity contribution in [3.63, 3.8) is 0 Å². The molecule has 0 saturated carbocycles. The van der Waals surface area contributed by atoms with Gasteiger partial charge >= 0.3 is 0 Å². The van der Waals surface area contributed by atoms with Gasteiger partial charge in [0.1, 0.15) is 0 Å². The summed E-state index contributed by atoms with van der Waals surface area (Å²) >= 11 is 0. The number of nitrogens with zero attached hydrogens (tertiary/aromatic N) is 2. The summed E-state index contributed by atoms with van der Waals surface area (Å²) in [5.74, 6) is -0.0425. The van der Waals surface area contributed by atoms with Crippen LogP contribution in [0.5, 0.6) is 0 Å². The van der Waals surface area contributed by atoms with Crippen LogP contribution >= 0.6 is 0 Å². The molecule has 1 saturated heterocycles. The summed E-state index contributed by atoms with van der Waals surface area (Å²) < 4.78 is 0. The van der Waals surface area contributed by atoms with E-state index in [1.165, 1.54) is 5.69 Å². The van der Waals surface area contributed by atoms with Gasteiger partial charge in [-0.3, -0.25) is 9.69 Å². The van der Waals surface area contributed by atoms with Crippen LogP contribution in [0.15, 0.2) is 30.3 Å². The van der Waals surface area contributed by atoms with Crippen molar-refractivity contribution >= 4 is 11.6 Å². The Labute approximate surface area is 146 Å². The van der Waals surface area contributed by atoms with Crippen LogP contribution in [0, 0.1) is 0 Å². The Kier molecular flexibility index (Phi) is 6.63. The lowest BCUT2D eigenvalue weighted by atomic mass is 9.96. The summed E-state index contributed by atoms with van der Waals surface area (Å²) in [5, 5.41) is 3.03. The van der Waals surface area contributed by atoms with Gasteiger partial charge in [0.15, 0.2) is 0 Å². The number of amides is 1. The van der Waals surface area contributed by atoms with E-state index in [-0.39, 0.29) is 5.91 Å². The minimum Gasteiger partial charge on any atom is -0.369 e. The second kappa shape index (κ2) is 8.49. The number of hydrogen-bond donors (Lipinski definition) is 2. The van der Waals surface area contributed by atoms with Crippen molar-refractivity contribution in [2.75, 3.05) is 37.6 Å². The molecule has 1 heterocycles. The first-order valence-corrected chi connectivity index (χ1v) is 9.05. The van der Waals surface area contributed by atoms with Gasteiger partial charge in [0.05, 0.1) is 5.54 Å². The van der Waals surface area contributed by atoms with E-state index in [0.29, 0.717) is 19.0 Å². The fourth-order valence-corrected chi connectivity index (χ4v) is 3.26. The lowest BCUT2D eigenvalue weighted by Gasteiger charge is -2.39. The molecule has 3 N–H and O–H groups in total. The zero-order valence-electron chi connectivity index (χ0n) is 15.3. The first kappa shape index (κ1) is 18.7. The highest BCUT2D eigenvalue weighted by atomic mass is 16.2. The van der Waals surface area contributed by atoms with Gasteiger partial charge in [0, 0.05) is 44.5 Å². The Morgan fingerprint density at radius 1 is 1.25 bits per heavy atom. The van der Waals surface area contributed by atoms with Crippen molar-refractivity contribution in [2.45, 2.75) is 45.2 Å². The maximum Gasteiger partial charge on any atom is 0.239 e. The van der Waals surface area contributed by atoms with E-state index in [0.717, 1.165) is 32.6 Å². The van der Waals surface area contributed by atoms with E-state index >= 15 is 0 Å². The number of piperazine rings is 1. The van der Waals surface area contributed by atoms with Gasteiger partial charge in [-0.05, 0) is 32.4 Å². The smallest absolute Gasteiger partial charge is 0.239 e. The molecule has 134 valence electrons. The van der Waals surface area contributed by atoms with E-state index in [4.69, 9.17) is 5.73 Å². The summed E-state index contributed by atoms with van der Waals surface area (Å²) in [7, 11) is 0. The number of carbonyl (C=O) groups is 1.